The van der Waals surface area contributed by atoms with E-state index in [-0.39, 0.29) is 50.2 Å². The van der Waals surface area contributed by atoms with E-state index in [1.807, 2.05) is 0 Å². The van der Waals surface area contributed by atoms with Crippen LogP contribution in [0.5, 0.6) is 0 Å². The zero-order valence-corrected chi connectivity index (χ0v) is 19.6. The van der Waals surface area contributed by atoms with Gasteiger partial charge in [-0.3, -0.25) is 9.11 Å². The maximum Gasteiger partial charge on any atom is 1.00 e. The zero-order chi connectivity index (χ0) is 18.6. The maximum absolute atomic E-state index is 11.5. The third-order valence-electron chi connectivity index (χ3n) is 4.39. The Morgan fingerprint density at radius 3 is 1.44 bits per heavy atom. The second-order valence-electron chi connectivity index (χ2n) is 6.55. The largest absolute Gasteiger partial charge is 1.00 e. The third kappa shape index (κ3) is 14.5. The predicted molar refractivity (Wildman–Crippen MR) is 98.5 cm³/mol. The Kier molecular flexibility index (Phi) is 16.6. The first-order valence-corrected chi connectivity index (χ1v) is 12.1. The first-order valence-electron chi connectivity index (χ1n) is 9.05. The standard InChI is InChI=1S/C16H34O6S2.Na.H/c1-3-5-6-7-8-9-10-12-16(24(20,21)22)14-13-15(11-4-2)23(17,18)19;;/h15-16H,3-14H2,1-2H3,(H,17,18,19)(H,20,21,22);;/q;+1;-1. The molecule has 0 aromatic heterocycles. The first-order chi connectivity index (χ1) is 11.1. The number of unbranched alkanes of at least 4 members (excludes halogenated alkanes) is 6. The monoisotopic (exact) mass is 410 g/mol. The average molecular weight is 411 g/mol. The Morgan fingerprint density at radius 2 is 1.04 bits per heavy atom. The molecule has 0 amide bonds. The fraction of sp³-hybridized carbons (Fsp3) is 1.00. The van der Waals surface area contributed by atoms with Gasteiger partial charge in [0, 0.05) is 0 Å². The van der Waals surface area contributed by atoms with Crippen molar-refractivity contribution in [3.63, 3.8) is 0 Å². The van der Waals surface area contributed by atoms with Crippen LogP contribution in [0.3, 0.4) is 0 Å². The van der Waals surface area contributed by atoms with Gasteiger partial charge in [0.1, 0.15) is 0 Å². The minimum Gasteiger partial charge on any atom is -1.00 e. The molecule has 0 saturated heterocycles. The first kappa shape index (κ1) is 28.0. The van der Waals surface area contributed by atoms with E-state index in [1.54, 1.807) is 6.92 Å². The van der Waals surface area contributed by atoms with Crippen molar-refractivity contribution in [1.29, 1.82) is 0 Å². The van der Waals surface area contributed by atoms with E-state index in [1.165, 1.54) is 19.3 Å². The van der Waals surface area contributed by atoms with Crippen LogP contribution < -0.4 is 29.6 Å². The predicted octanol–water partition coefficient (Wildman–Crippen LogP) is 1.34. The zero-order valence-electron chi connectivity index (χ0n) is 17.0. The van der Waals surface area contributed by atoms with Gasteiger partial charge in [-0.15, -0.1) is 0 Å². The van der Waals surface area contributed by atoms with Crippen LogP contribution in [0, 0.1) is 0 Å². The summed E-state index contributed by atoms with van der Waals surface area (Å²) in [6.45, 7) is 3.95. The summed E-state index contributed by atoms with van der Waals surface area (Å²) in [6.07, 6.45) is 8.66. The smallest absolute Gasteiger partial charge is 1.00 e. The summed E-state index contributed by atoms with van der Waals surface area (Å²) >= 11 is 0. The van der Waals surface area contributed by atoms with E-state index in [0.29, 0.717) is 19.3 Å². The summed E-state index contributed by atoms with van der Waals surface area (Å²) in [7, 11) is -8.38. The van der Waals surface area contributed by atoms with Crippen LogP contribution in [0.25, 0.3) is 0 Å². The Hall–Kier alpha value is 0.820. The molecule has 0 heterocycles. The summed E-state index contributed by atoms with van der Waals surface area (Å²) in [4.78, 5) is 0. The van der Waals surface area contributed by atoms with E-state index in [9.17, 15) is 25.9 Å². The van der Waals surface area contributed by atoms with Crippen molar-refractivity contribution >= 4 is 20.2 Å². The molecule has 2 atom stereocenters. The van der Waals surface area contributed by atoms with Crippen LogP contribution in [0.4, 0.5) is 0 Å². The molecule has 0 rings (SSSR count). The van der Waals surface area contributed by atoms with Crippen molar-refractivity contribution in [1.82, 2.24) is 0 Å². The molecule has 0 aliphatic carbocycles. The summed E-state index contributed by atoms with van der Waals surface area (Å²) in [6, 6.07) is 0. The Bertz CT molecular complexity index is 525. The van der Waals surface area contributed by atoms with Gasteiger partial charge in [-0.1, -0.05) is 65.2 Å². The third-order valence-corrected chi connectivity index (χ3v) is 7.02. The van der Waals surface area contributed by atoms with Crippen LogP contribution >= 0.6 is 0 Å². The molecule has 0 bridgehead atoms. The SMILES string of the molecule is CCCCCCCCCC(CCC(CCC)S(=O)(=O)O)S(=O)(=O)O.[H-].[Na+]. The fourth-order valence-corrected chi connectivity index (χ4v) is 4.77. The second kappa shape index (κ2) is 14.8. The molecule has 0 radical (unpaired) electrons. The van der Waals surface area contributed by atoms with E-state index in [2.05, 4.69) is 6.92 Å². The number of hydrogen-bond donors (Lipinski definition) is 2. The molecule has 0 aliphatic heterocycles. The topological polar surface area (TPSA) is 109 Å². The van der Waals surface area contributed by atoms with Gasteiger partial charge in [0.15, 0.2) is 0 Å². The van der Waals surface area contributed by atoms with Crippen molar-refractivity contribution in [2.24, 2.45) is 0 Å². The van der Waals surface area contributed by atoms with Gasteiger partial charge in [-0.25, -0.2) is 0 Å². The van der Waals surface area contributed by atoms with Crippen molar-refractivity contribution in [3.05, 3.63) is 0 Å². The molecule has 2 unspecified atom stereocenters. The molecule has 9 heteroatoms. The van der Waals surface area contributed by atoms with Gasteiger partial charge in [0.05, 0.1) is 10.5 Å². The number of hydrogen-bond acceptors (Lipinski definition) is 4. The second-order valence-corrected chi connectivity index (χ2v) is 9.94. The van der Waals surface area contributed by atoms with Crippen LogP contribution in [-0.2, 0) is 20.2 Å². The van der Waals surface area contributed by atoms with E-state index in [0.717, 1.165) is 19.3 Å². The van der Waals surface area contributed by atoms with E-state index < -0.39 is 30.7 Å². The molecule has 0 saturated carbocycles. The van der Waals surface area contributed by atoms with Gasteiger partial charge in [0.2, 0.25) is 0 Å². The Labute approximate surface area is 177 Å². The molecule has 0 aromatic rings. The quantitative estimate of drug-likeness (QED) is 0.240. The Balaban J connectivity index is -0.00000264. The molecule has 2 N–H and O–H groups in total. The normalized spacial score (nSPS) is 14.7. The summed E-state index contributed by atoms with van der Waals surface area (Å²) < 4.78 is 64.2. The number of rotatable bonds is 15. The van der Waals surface area contributed by atoms with Gasteiger partial charge >= 0.3 is 29.6 Å². The molecule has 0 spiro atoms. The van der Waals surface area contributed by atoms with Gasteiger partial charge < -0.3 is 1.43 Å². The molecule has 0 fully saturated rings. The van der Waals surface area contributed by atoms with Gasteiger partial charge in [-0.05, 0) is 25.7 Å². The van der Waals surface area contributed by atoms with E-state index in [4.69, 9.17) is 0 Å². The van der Waals surface area contributed by atoms with Crippen LogP contribution in [-0.4, -0.2) is 36.4 Å². The van der Waals surface area contributed by atoms with Crippen LogP contribution in [0.15, 0.2) is 0 Å². The van der Waals surface area contributed by atoms with Crippen molar-refractivity contribution in [2.45, 2.75) is 101 Å². The maximum atomic E-state index is 11.5. The van der Waals surface area contributed by atoms with Gasteiger partial charge in [0.25, 0.3) is 20.2 Å². The fourth-order valence-electron chi connectivity index (χ4n) is 2.91. The molecule has 148 valence electrons. The molecule has 0 aliphatic rings. The minimum absolute atomic E-state index is 0. The van der Waals surface area contributed by atoms with E-state index >= 15 is 0 Å². The summed E-state index contributed by atoms with van der Waals surface area (Å²) in [5.41, 5.74) is 0. The molecular formula is C16H35NaO6S2. The van der Waals surface area contributed by atoms with Gasteiger partial charge in [-0.2, -0.15) is 16.8 Å². The van der Waals surface area contributed by atoms with Crippen molar-refractivity contribution in [2.75, 3.05) is 0 Å². The Morgan fingerprint density at radius 1 is 0.640 bits per heavy atom. The summed E-state index contributed by atoms with van der Waals surface area (Å²) in [5.74, 6) is 0. The van der Waals surface area contributed by atoms with Crippen LogP contribution in [0.1, 0.15) is 92.3 Å². The molecule has 0 aromatic carbocycles. The minimum atomic E-state index is -4.20. The van der Waals surface area contributed by atoms with Crippen molar-refractivity contribution < 1.29 is 56.9 Å². The van der Waals surface area contributed by atoms with Crippen molar-refractivity contribution in [3.8, 4) is 0 Å². The summed E-state index contributed by atoms with van der Waals surface area (Å²) in [5, 5.41) is -1.91. The van der Waals surface area contributed by atoms with Crippen LogP contribution in [0.2, 0.25) is 0 Å². The molecular weight excluding hydrogens is 375 g/mol. The molecule has 25 heavy (non-hydrogen) atoms. The molecule has 6 nitrogen and oxygen atoms in total. The average Bonchev–Trinajstić information content (AvgIpc) is 2.45.